The largest absolute Gasteiger partial charge is 0.322 e. The summed E-state index contributed by atoms with van der Waals surface area (Å²) in [5.74, 6) is -2.79. The molecule has 0 aliphatic carbocycles. The number of halogens is 2. The monoisotopic (exact) mass is 261 g/mol. The molecule has 3 nitrogen and oxygen atoms in total. The lowest BCUT2D eigenvalue weighted by Crippen LogP contribution is -2.15. The van der Waals surface area contributed by atoms with Gasteiger partial charge in [0, 0.05) is 11.3 Å². The van der Waals surface area contributed by atoms with E-state index in [1.165, 1.54) is 18.2 Å². The Kier molecular flexibility index (Phi) is 3.66. The van der Waals surface area contributed by atoms with Gasteiger partial charge in [-0.25, -0.2) is 8.78 Å². The van der Waals surface area contributed by atoms with Gasteiger partial charge in [-0.15, -0.1) is 0 Å². The molecule has 0 bridgehead atoms. The van der Waals surface area contributed by atoms with Crippen LogP contribution in [0.25, 0.3) is 0 Å². The quantitative estimate of drug-likeness (QED) is 0.863. The lowest BCUT2D eigenvalue weighted by molar-refractivity contribution is 0.101. The van der Waals surface area contributed by atoms with Crippen molar-refractivity contribution >= 4 is 17.9 Å². The predicted octanol–water partition coefficient (Wildman–Crippen LogP) is 3.03. The van der Waals surface area contributed by atoms with E-state index in [0.29, 0.717) is 11.8 Å². The molecule has 2 rings (SSSR count). The maximum absolute atomic E-state index is 13.4. The van der Waals surface area contributed by atoms with Gasteiger partial charge in [-0.1, -0.05) is 18.2 Å². The third-order valence-electron chi connectivity index (χ3n) is 2.47. The first-order valence-corrected chi connectivity index (χ1v) is 5.42. The van der Waals surface area contributed by atoms with Crippen LogP contribution < -0.4 is 5.32 Å². The molecule has 0 saturated heterocycles. The molecule has 19 heavy (non-hydrogen) atoms. The van der Waals surface area contributed by atoms with E-state index in [4.69, 9.17) is 0 Å². The van der Waals surface area contributed by atoms with Gasteiger partial charge in [-0.3, -0.25) is 9.59 Å². The van der Waals surface area contributed by atoms with Crippen LogP contribution in [0, 0.1) is 11.6 Å². The number of nitrogens with one attached hydrogen (secondary N) is 1. The normalized spacial score (nSPS) is 10.0. The van der Waals surface area contributed by atoms with Gasteiger partial charge in [-0.2, -0.15) is 0 Å². The first-order valence-electron chi connectivity index (χ1n) is 5.42. The first-order chi connectivity index (χ1) is 9.11. The van der Waals surface area contributed by atoms with Crippen molar-refractivity contribution in [1.82, 2.24) is 0 Å². The van der Waals surface area contributed by atoms with Crippen molar-refractivity contribution in [3.63, 3.8) is 0 Å². The maximum Gasteiger partial charge on any atom is 0.261 e. The van der Waals surface area contributed by atoms with E-state index in [-0.39, 0.29) is 5.69 Å². The zero-order valence-electron chi connectivity index (χ0n) is 9.69. The fraction of sp³-hybridized carbons (Fsp3) is 0. The Bertz CT molecular complexity index is 621. The molecular formula is C14H9F2NO2. The molecule has 1 amide bonds. The van der Waals surface area contributed by atoms with Crippen LogP contribution in [0.15, 0.2) is 42.5 Å². The molecule has 96 valence electrons. The van der Waals surface area contributed by atoms with Gasteiger partial charge in [-0.05, 0) is 24.3 Å². The second kappa shape index (κ2) is 5.39. The van der Waals surface area contributed by atoms with Crippen LogP contribution in [0.5, 0.6) is 0 Å². The van der Waals surface area contributed by atoms with Crippen molar-refractivity contribution in [2.75, 3.05) is 5.32 Å². The highest BCUT2D eigenvalue weighted by Gasteiger charge is 2.16. The average molecular weight is 261 g/mol. The molecular weight excluding hydrogens is 252 g/mol. The highest BCUT2D eigenvalue weighted by atomic mass is 19.1. The highest BCUT2D eigenvalue weighted by molar-refractivity contribution is 6.04. The number of anilines is 1. The molecule has 0 spiro atoms. The van der Waals surface area contributed by atoms with Gasteiger partial charge >= 0.3 is 0 Å². The van der Waals surface area contributed by atoms with E-state index in [0.717, 1.165) is 12.1 Å². The summed E-state index contributed by atoms with van der Waals surface area (Å²) in [5, 5.41) is 2.34. The molecule has 2 aromatic carbocycles. The molecule has 0 aromatic heterocycles. The van der Waals surface area contributed by atoms with Crippen molar-refractivity contribution in [3.05, 3.63) is 65.2 Å². The molecule has 5 heteroatoms. The third-order valence-corrected chi connectivity index (χ3v) is 2.47. The summed E-state index contributed by atoms with van der Waals surface area (Å²) in [5.41, 5.74) is -0.0111. The number of amides is 1. The number of aldehydes is 1. The molecule has 0 aliphatic heterocycles. The number of rotatable bonds is 3. The van der Waals surface area contributed by atoms with Gasteiger partial charge in [0.25, 0.3) is 5.91 Å². The van der Waals surface area contributed by atoms with E-state index in [9.17, 15) is 18.4 Å². The van der Waals surface area contributed by atoms with Crippen molar-refractivity contribution in [2.45, 2.75) is 0 Å². The van der Waals surface area contributed by atoms with Crippen molar-refractivity contribution in [3.8, 4) is 0 Å². The van der Waals surface area contributed by atoms with E-state index < -0.39 is 23.1 Å². The molecule has 0 atom stereocenters. The Hall–Kier alpha value is -2.56. The van der Waals surface area contributed by atoms with Crippen molar-refractivity contribution < 1.29 is 18.4 Å². The fourth-order valence-corrected chi connectivity index (χ4v) is 1.60. The molecule has 0 fully saturated rings. The SMILES string of the molecule is O=Cc1cccc(NC(=O)c2c(F)cccc2F)c1. The van der Waals surface area contributed by atoms with Gasteiger partial charge < -0.3 is 5.32 Å². The van der Waals surface area contributed by atoms with E-state index >= 15 is 0 Å². The lowest BCUT2D eigenvalue weighted by atomic mass is 10.1. The second-order valence-electron chi connectivity index (χ2n) is 3.79. The molecule has 0 aliphatic rings. The Morgan fingerprint density at radius 2 is 1.68 bits per heavy atom. The zero-order valence-corrected chi connectivity index (χ0v) is 9.69. The van der Waals surface area contributed by atoms with Gasteiger partial charge in [0.2, 0.25) is 0 Å². The summed E-state index contributed by atoms with van der Waals surface area (Å²) < 4.78 is 26.8. The minimum atomic E-state index is -0.941. The molecule has 0 saturated carbocycles. The van der Waals surface area contributed by atoms with Crippen molar-refractivity contribution in [1.29, 1.82) is 0 Å². The van der Waals surface area contributed by atoms with Crippen molar-refractivity contribution in [2.24, 2.45) is 0 Å². The smallest absolute Gasteiger partial charge is 0.261 e. The summed E-state index contributed by atoms with van der Waals surface area (Å²) in [7, 11) is 0. The molecule has 0 unspecified atom stereocenters. The first kappa shape index (κ1) is 12.9. The summed E-state index contributed by atoms with van der Waals surface area (Å²) in [4.78, 5) is 22.4. The number of carbonyl (C=O) groups is 2. The summed E-state index contributed by atoms with van der Waals surface area (Å²) in [6.07, 6.45) is 0.610. The van der Waals surface area contributed by atoms with Crippen LogP contribution in [0.2, 0.25) is 0 Å². The molecule has 0 radical (unpaired) electrons. The fourth-order valence-electron chi connectivity index (χ4n) is 1.60. The van der Waals surface area contributed by atoms with Gasteiger partial charge in [0.15, 0.2) is 0 Å². The van der Waals surface area contributed by atoms with Crippen LogP contribution in [-0.2, 0) is 0 Å². The Balaban J connectivity index is 2.28. The number of hydrogen-bond donors (Lipinski definition) is 1. The number of carbonyl (C=O) groups excluding carboxylic acids is 2. The molecule has 2 aromatic rings. The standard InChI is InChI=1S/C14H9F2NO2/c15-11-5-2-6-12(16)13(11)14(19)17-10-4-1-3-9(7-10)8-18/h1-8H,(H,17,19). The van der Waals surface area contributed by atoms with Crippen LogP contribution in [-0.4, -0.2) is 12.2 Å². The zero-order chi connectivity index (χ0) is 13.8. The Morgan fingerprint density at radius 1 is 1.05 bits per heavy atom. The minimum absolute atomic E-state index is 0.289. The van der Waals surface area contributed by atoms with Crippen LogP contribution in [0.4, 0.5) is 14.5 Å². The molecule has 1 N–H and O–H groups in total. The molecule has 0 heterocycles. The summed E-state index contributed by atoms with van der Waals surface area (Å²) >= 11 is 0. The average Bonchev–Trinajstić information content (AvgIpc) is 2.38. The van der Waals surface area contributed by atoms with Gasteiger partial charge in [0.1, 0.15) is 23.5 Å². The van der Waals surface area contributed by atoms with E-state index in [2.05, 4.69) is 5.32 Å². The van der Waals surface area contributed by atoms with Gasteiger partial charge in [0.05, 0.1) is 0 Å². The topological polar surface area (TPSA) is 46.2 Å². The second-order valence-corrected chi connectivity index (χ2v) is 3.79. The Morgan fingerprint density at radius 3 is 2.32 bits per heavy atom. The van der Waals surface area contributed by atoms with E-state index in [1.54, 1.807) is 12.1 Å². The number of benzene rings is 2. The number of hydrogen-bond acceptors (Lipinski definition) is 2. The highest BCUT2D eigenvalue weighted by Crippen LogP contribution is 2.15. The van der Waals surface area contributed by atoms with Crippen LogP contribution in [0.1, 0.15) is 20.7 Å². The van der Waals surface area contributed by atoms with Crippen LogP contribution >= 0.6 is 0 Å². The minimum Gasteiger partial charge on any atom is -0.322 e. The lowest BCUT2D eigenvalue weighted by Gasteiger charge is -2.07. The third kappa shape index (κ3) is 2.82. The maximum atomic E-state index is 13.4. The predicted molar refractivity (Wildman–Crippen MR) is 66.1 cm³/mol. The van der Waals surface area contributed by atoms with E-state index in [1.807, 2.05) is 0 Å². The summed E-state index contributed by atoms with van der Waals surface area (Å²) in [6, 6.07) is 9.20. The Labute approximate surface area is 107 Å². The van der Waals surface area contributed by atoms with Crippen LogP contribution in [0.3, 0.4) is 0 Å². The summed E-state index contributed by atoms with van der Waals surface area (Å²) in [6.45, 7) is 0.